The van der Waals surface area contributed by atoms with Crippen molar-refractivity contribution in [3.63, 3.8) is 0 Å². The highest BCUT2D eigenvalue weighted by Crippen LogP contribution is 2.13. The zero-order valence-electron chi connectivity index (χ0n) is 13.9. The number of hydrogen-bond acceptors (Lipinski definition) is 3. The summed E-state index contributed by atoms with van der Waals surface area (Å²) in [6.45, 7) is 10.3. The van der Waals surface area contributed by atoms with E-state index < -0.39 is 0 Å². The van der Waals surface area contributed by atoms with Crippen molar-refractivity contribution in [2.75, 3.05) is 46.4 Å². The Balaban J connectivity index is 0.00000400. The van der Waals surface area contributed by atoms with Crippen LogP contribution < -0.4 is 10.6 Å². The maximum Gasteiger partial charge on any atom is 0.191 e. The van der Waals surface area contributed by atoms with Gasteiger partial charge in [-0.25, -0.2) is 0 Å². The van der Waals surface area contributed by atoms with Crippen molar-refractivity contribution >= 4 is 29.9 Å². The lowest BCUT2D eigenvalue weighted by Gasteiger charge is -2.27. The fourth-order valence-electron chi connectivity index (χ4n) is 2.60. The number of nitrogens with zero attached hydrogens (tertiary/aromatic N) is 2. The zero-order chi connectivity index (χ0) is 14.6. The van der Waals surface area contributed by atoms with E-state index in [1.165, 1.54) is 32.4 Å². The van der Waals surface area contributed by atoms with Gasteiger partial charge in [0.05, 0.1) is 0 Å². The van der Waals surface area contributed by atoms with Crippen LogP contribution in [0.4, 0.5) is 0 Å². The van der Waals surface area contributed by atoms with Crippen molar-refractivity contribution in [2.24, 2.45) is 4.99 Å². The first-order valence-electron chi connectivity index (χ1n) is 8.08. The van der Waals surface area contributed by atoms with E-state index in [4.69, 9.17) is 4.74 Å². The van der Waals surface area contributed by atoms with E-state index >= 15 is 0 Å². The summed E-state index contributed by atoms with van der Waals surface area (Å²) < 4.78 is 5.33. The van der Waals surface area contributed by atoms with Crippen molar-refractivity contribution in [3.05, 3.63) is 0 Å². The molecule has 0 bridgehead atoms. The molecule has 1 heterocycles. The van der Waals surface area contributed by atoms with Crippen LogP contribution >= 0.6 is 24.0 Å². The highest BCUT2D eigenvalue weighted by atomic mass is 127. The van der Waals surface area contributed by atoms with Crippen LogP contribution in [-0.2, 0) is 4.74 Å². The molecule has 2 N–H and O–H groups in total. The van der Waals surface area contributed by atoms with E-state index in [1.807, 2.05) is 14.0 Å². The first-order valence-corrected chi connectivity index (χ1v) is 8.08. The molecule has 0 aromatic carbocycles. The second kappa shape index (κ2) is 13.6. The molecule has 0 spiro atoms. The van der Waals surface area contributed by atoms with Crippen LogP contribution in [0.5, 0.6) is 0 Å². The Morgan fingerprint density at radius 2 is 1.95 bits per heavy atom. The molecule has 1 saturated heterocycles. The molecule has 1 fully saturated rings. The van der Waals surface area contributed by atoms with Gasteiger partial charge in [-0.1, -0.05) is 6.92 Å². The third-order valence-electron chi connectivity index (χ3n) is 3.82. The second-order valence-corrected chi connectivity index (χ2v) is 5.24. The van der Waals surface area contributed by atoms with Crippen molar-refractivity contribution in [1.29, 1.82) is 0 Å². The Hall–Kier alpha value is -0.0800. The van der Waals surface area contributed by atoms with E-state index in [1.54, 1.807) is 0 Å². The summed E-state index contributed by atoms with van der Waals surface area (Å²) in [7, 11) is 1.83. The summed E-state index contributed by atoms with van der Waals surface area (Å²) in [5.41, 5.74) is 0. The predicted octanol–water partition coefficient (Wildman–Crippen LogP) is 2.07. The average molecular weight is 412 g/mol. The summed E-state index contributed by atoms with van der Waals surface area (Å²) in [6.07, 6.45) is 4.90. The molecule has 0 aromatic rings. The van der Waals surface area contributed by atoms with Gasteiger partial charge in [-0.2, -0.15) is 0 Å². The third-order valence-corrected chi connectivity index (χ3v) is 3.82. The molecule has 1 unspecified atom stereocenters. The molecule has 1 aliphatic rings. The predicted molar refractivity (Wildman–Crippen MR) is 101 cm³/mol. The van der Waals surface area contributed by atoms with E-state index in [9.17, 15) is 0 Å². The normalized spacial score (nSPS) is 17.4. The van der Waals surface area contributed by atoms with Crippen LogP contribution in [0.15, 0.2) is 4.99 Å². The molecule has 6 heteroatoms. The Bertz CT molecular complexity index is 270. The zero-order valence-corrected chi connectivity index (χ0v) is 16.2. The minimum Gasteiger partial charge on any atom is -0.382 e. The molecule has 1 atom stereocenters. The minimum absolute atomic E-state index is 0. The van der Waals surface area contributed by atoms with Crippen molar-refractivity contribution < 1.29 is 4.74 Å². The fourth-order valence-corrected chi connectivity index (χ4v) is 2.60. The van der Waals surface area contributed by atoms with Crippen molar-refractivity contribution in [3.8, 4) is 0 Å². The van der Waals surface area contributed by atoms with E-state index in [2.05, 4.69) is 27.4 Å². The Morgan fingerprint density at radius 3 is 2.52 bits per heavy atom. The van der Waals surface area contributed by atoms with Crippen LogP contribution in [0.2, 0.25) is 0 Å². The van der Waals surface area contributed by atoms with Gasteiger partial charge < -0.3 is 15.4 Å². The number of aliphatic imine (C=N–C) groups is 1. The monoisotopic (exact) mass is 412 g/mol. The standard InChI is InChI=1S/C15H32N4O.HI/c1-4-14(19-10-6-7-11-19)13-18-15(16-3)17-9-8-12-20-5-2;/h14H,4-13H2,1-3H3,(H2,16,17,18);1H. The van der Waals surface area contributed by atoms with Gasteiger partial charge in [0, 0.05) is 39.4 Å². The van der Waals surface area contributed by atoms with Gasteiger partial charge in [-0.15, -0.1) is 24.0 Å². The molecule has 1 rings (SSSR count). The highest BCUT2D eigenvalue weighted by Gasteiger charge is 2.20. The van der Waals surface area contributed by atoms with Crippen LogP contribution in [0.1, 0.15) is 39.5 Å². The molecule has 0 aromatic heterocycles. The minimum atomic E-state index is 0. The van der Waals surface area contributed by atoms with Gasteiger partial charge in [0.15, 0.2) is 5.96 Å². The summed E-state index contributed by atoms with van der Waals surface area (Å²) in [4.78, 5) is 6.87. The smallest absolute Gasteiger partial charge is 0.191 e. The van der Waals surface area contributed by atoms with Crippen LogP contribution in [0.25, 0.3) is 0 Å². The lowest BCUT2D eigenvalue weighted by molar-refractivity contribution is 0.145. The number of rotatable bonds is 9. The number of guanidine groups is 1. The molecule has 5 nitrogen and oxygen atoms in total. The number of hydrogen-bond donors (Lipinski definition) is 2. The van der Waals surface area contributed by atoms with Gasteiger partial charge in [0.1, 0.15) is 0 Å². The van der Waals surface area contributed by atoms with Crippen molar-refractivity contribution in [1.82, 2.24) is 15.5 Å². The maximum absolute atomic E-state index is 5.33. The topological polar surface area (TPSA) is 48.9 Å². The first-order chi connectivity index (χ1) is 9.81. The largest absolute Gasteiger partial charge is 0.382 e. The molecular weight excluding hydrogens is 379 g/mol. The summed E-state index contributed by atoms with van der Waals surface area (Å²) in [5.74, 6) is 0.902. The quantitative estimate of drug-likeness (QED) is 0.264. The van der Waals surface area contributed by atoms with E-state index in [0.29, 0.717) is 6.04 Å². The second-order valence-electron chi connectivity index (χ2n) is 5.24. The molecule has 0 aliphatic carbocycles. The number of halogens is 1. The van der Waals surface area contributed by atoms with Crippen LogP contribution in [0.3, 0.4) is 0 Å². The SMILES string of the molecule is CCOCCCNC(=NC)NCC(CC)N1CCCC1.I. The van der Waals surface area contributed by atoms with Crippen LogP contribution in [0, 0.1) is 0 Å². The molecule has 0 saturated carbocycles. The van der Waals surface area contributed by atoms with Gasteiger partial charge in [0.25, 0.3) is 0 Å². The molecule has 21 heavy (non-hydrogen) atoms. The summed E-state index contributed by atoms with van der Waals surface area (Å²) >= 11 is 0. The molecule has 1 aliphatic heterocycles. The molecule has 0 amide bonds. The lowest BCUT2D eigenvalue weighted by Crippen LogP contribution is -2.46. The van der Waals surface area contributed by atoms with Gasteiger partial charge in [-0.05, 0) is 45.7 Å². The Morgan fingerprint density at radius 1 is 1.24 bits per heavy atom. The van der Waals surface area contributed by atoms with Crippen molar-refractivity contribution in [2.45, 2.75) is 45.6 Å². The maximum atomic E-state index is 5.33. The summed E-state index contributed by atoms with van der Waals surface area (Å²) in [5, 5.41) is 6.78. The number of likely N-dealkylation sites (tertiary alicyclic amines) is 1. The lowest BCUT2D eigenvalue weighted by atomic mass is 10.2. The molecule has 126 valence electrons. The molecule has 0 radical (unpaired) electrons. The van der Waals surface area contributed by atoms with Gasteiger partial charge in [-0.3, -0.25) is 9.89 Å². The van der Waals surface area contributed by atoms with E-state index in [0.717, 1.165) is 38.7 Å². The van der Waals surface area contributed by atoms with Crippen LogP contribution in [-0.4, -0.2) is 63.3 Å². The Kier molecular flexibility index (Phi) is 13.5. The van der Waals surface area contributed by atoms with Gasteiger partial charge >= 0.3 is 0 Å². The molecular formula is C15H33IN4O. The number of nitrogens with one attached hydrogen (secondary N) is 2. The third kappa shape index (κ3) is 8.83. The van der Waals surface area contributed by atoms with E-state index in [-0.39, 0.29) is 24.0 Å². The Labute approximate surface area is 147 Å². The number of ether oxygens (including phenoxy) is 1. The van der Waals surface area contributed by atoms with Gasteiger partial charge in [0.2, 0.25) is 0 Å². The average Bonchev–Trinajstić information content (AvgIpc) is 2.99. The first kappa shape index (κ1) is 20.9. The summed E-state index contributed by atoms with van der Waals surface area (Å²) in [6, 6.07) is 0.625. The highest BCUT2D eigenvalue weighted by molar-refractivity contribution is 14.0. The fraction of sp³-hybridized carbons (Fsp3) is 0.933.